The maximum Gasteiger partial charge on any atom is 0.293 e. The van der Waals surface area contributed by atoms with Gasteiger partial charge in [0.25, 0.3) is 5.69 Å². The summed E-state index contributed by atoms with van der Waals surface area (Å²) in [5.41, 5.74) is 6.25. The van der Waals surface area contributed by atoms with Crippen LogP contribution in [0.25, 0.3) is 0 Å². The number of likely N-dealkylation sites (tertiary alicyclic amines) is 1. The molecule has 2 aromatic rings. The van der Waals surface area contributed by atoms with E-state index in [1.165, 1.54) is 6.07 Å². The first kappa shape index (κ1) is 19.5. The fourth-order valence-corrected chi connectivity index (χ4v) is 3.38. The topological polar surface area (TPSA) is 119 Å². The minimum absolute atomic E-state index is 0.0542. The molecule has 0 aromatic heterocycles. The Morgan fingerprint density at radius 3 is 2.39 bits per heavy atom. The molecule has 0 unspecified atom stereocenters. The third kappa shape index (κ3) is 4.72. The van der Waals surface area contributed by atoms with Crippen molar-refractivity contribution >= 4 is 23.1 Å². The van der Waals surface area contributed by atoms with Crippen LogP contribution in [0.5, 0.6) is 0 Å². The maximum absolute atomic E-state index is 12.6. The van der Waals surface area contributed by atoms with Gasteiger partial charge in [0.05, 0.1) is 11.5 Å². The minimum Gasteiger partial charge on any atom is -0.377 e. The van der Waals surface area contributed by atoms with E-state index < -0.39 is 4.92 Å². The van der Waals surface area contributed by atoms with Crippen LogP contribution in [0, 0.1) is 10.1 Å². The van der Waals surface area contributed by atoms with Crippen molar-refractivity contribution in [2.45, 2.75) is 18.9 Å². The average Bonchev–Trinajstić information content (AvgIpc) is 2.69. The lowest BCUT2D eigenvalue weighted by Crippen LogP contribution is -2.43. The molecule has 8 heteroatoms. The summed E-state index contributed by atoms with van der Waals surface area (Å²) in [6, 6.07) is 13.2. The van der Waals surface area contributed by atoms with Crippen LogP contribution in [0.15, 0.2) is 48.5 Å². The van der Waals surface area contributed by atoms with Crippen molar-refractivity contribution in [1.82, 2.24) is 4.90 Å². The number of nitro groups is 1. The maximum atomic E-state index is 12.6. The van der Waals surface area contributed by atoms with Gasteiger partial charge in [-0.2, -0.15) is 0 Å². The van der Waals surface area contributed by atoms with Crippen molar-refractivity contribution in [2.24, 2.45) is 5.73 Å². The number of nitrogens with two attached hydrogens (primary N) is 1. The molecule has 0 aliphatic carbocycles. The van der Waals surface area contributed by atoms with E-state index in [0.29, 0.717) is 24.3 Å². The largest absolute Gasteiger partial charge is 0.377 e. The number of piperidine rings is 1. The highest BCUT2D eigenvalue weighted by Crippen LogP contribution is 2.29. The number of rotatable bonds is 7. The molecule has 0 bridgehead atoms. The van der Waals surface area contributed by atoms with Gasteiger partial charge in [-0.05, 0) is 25.0 Å². The lowest BCUT2D eigenvalue weighted by atomic mass is 10.0. The lowest BCUT2D eigenvalue weighted by Gasteiger charge is -2.31. The number of nitrogens with zero attached hydrogens (tertiary/aromatic N) is 2. The highest BCUT2D eigenvalue weighted by Gasteiger charge is 2.24. The SMILES string of the molecule is NC(=O)CN1CCC(Nc2ccc(C(=O)c3ccccc3)cc2[N+](=O)[O-])CC1. The number of amides is 1. The van der Waals surface area contributed by atoms with Crippen LogP contribution >= 0.6 is 0 Å². The molecule has 1 saturated heterocycles. The molecule has 146 valence electrons. The van der Waals surface area contributed by atoms with Crippen LogP contribution < -0.4 is 11.1 Å². The van der Waals surface area contributed by atoms with Gasteiger partial charge < -0.3 is 11.1 Å². The molecule has 1 fully saturated rings. The zero-order chi connectivity index (χ0) is 20.1. The van der Waals surface area contributed by atoms with Crippen LogP contribution in [0.1, 0.15) is 28.8 Å². The van der Waals surface area contributed by atoms with Crippen molar-refractivity contribution in [2.75, 3.05) is 25.0 Å². The fraction of sp³-hybridized carbons (Fsp3) is 0.300. The second-order valence-corrected chi connectivity index (χ2v) is 6.85. The standard InChI is InChI=1S/C20H22N4O4/c21-19(25)13-23-10-8-16(9-11-23)22-17-7-6-15(12-18(17)24(27)28)20(26)14-4-2-1-3-5-14/h1-7,12,16,22H,8-11,13H2,(H2,21,25). The van der Waals surface area contributed by atoms with Gasteiger partial charge in [-0.15, -0.1) is 0 Å². The number of anilines is 1. The highest BCUT2D eigenvalue weighted by molar-refractivity contribution is 6.09. The van der Waals surface area contributed by atoms with Crippen LogP contribution in [-0.4, -0.2) is 47.2 Å². The Kier molecular flexibility index (Phi) is 6.00. The molecule has 0 radical (unpaired) electrons. The molecule has 2 aromatic carbocycles. The number of hydrogen-bond donors (Lipinski definition) is 2. The molecule has 28 heavy (non-hydrogen) atoms. The van der Waals surface area contributed by atoms with E-state index in [2.05, 4.69) is 5.32 Å². The molecule has 1 aliphatic rings. The first-order valence-electron chi connectivity index (χ1n) is 9.09. The summed E-state index contributed by atoms with van der Waals surface area (Å²) in [6.07, 6.45) is 1.49. The normalized spacial score (nSPS) is 15.1. The van der Waals surface area contributed by atoms with Gasteiger partial charge in [0.1, 0.15) is 5.69 Å². The van der Waals surface area contributed by atoms with Gasteiger partial charge in [-0.25, -0.2) is 0 Å². The summed E-state index contributed by atoms with van der Waals surface area (Å²) in [7, 11) is 0. The van der Waals surface area contributed by atoms with Crippen LogP contribution in [-0.2, 0) is 4.79 Å². The van der Waals surface area contributed by atoms with Gasteiger partial charge in [0, 0.05) is 36.3 Å². The molecule has 0 atom stereocenters. The second kappa shape index (κ2) is 8.62. The van der Waals surface area contributed by atoms with E-state index in [1.54, 1.807) is 42.5 Å². The van der Waals surface area contributed by atoms with Gasteiger partial charge >= 0.3 is 0 Å². The predicted octanol–water partition coefficient (Wildman–Crippen LogP) is 2.19. The van der Waals surface area contributed by atoms with E-state index >= 15 is 0 Å². The summed E-state index contributed by atoms with van der Waals surface area (Å²) in [5, 5.41) is 14.8. The summed E-state index contributed by atoms with van der Waals surface area (Å²) in [4.78, 5) is 36.6. The summed E-state index contributed by atoms with van der Waals surface area (Å²) in [6.45, 7) is 1.61. The quantitative estimate of drug-likeness (QED) is 0.430. The Balaban J connectivity index is 1.73. The zero-order valence-electron chi connectivity index (χ0n) is 15.3. The van der Waals surface area contributed by atoms with Crippen molar-refractivity contribution in [3.8, 4) is 0 Å². The van der Waals surface area contributed by atoms with Crippen molar-refractivity contribution < 1.29 is 14.5 Å². The Bertz CT molecular complexity index is 877. The third-order valence-electron chi connectivity index (χ3n) is 4.82. The Morgan fingerprint density at radius 2 is 1.79 bits per heavy atom. The molecular weight excluding hydrogens is 360 g/mol. The number of nitrogens with one attached hydrogen (secondary N) is 1. The molecule has 3 N–H and O–H groups in total. The van der Waals surface area contributed by atoms with Crippen molar-refractivity contribution in [3.63, 3.8) is 0 Å². The van der Waals surface area contributed by atoms with E-state index in [-0.39, 0.29) is 35.5 Å². The Morgan fingerprint density at radius 1 is 1.11 bits per heavy atom. The molecule has 1 heterocycles. The van der Waals surface area contributed by atoms with Gasteiger partial charge in [-0.3, -0.25) is 24.6 Å². The molecule has 8 nitrogen and oxygen atoms in total. The molecule has 0 saturated carbocycles. The van der Waals surface area contributed by atoms with E-state index in [4.69, 9.17) is 5.73 Å². The minimum atomic E-state index is -0.480. The van der Waals surface area contributed by atoms with E-state index in [0.717, 1.165) is 12.8 Å². The van der Waals surface area contributed by atoms with Crippen molar-refractivity contribution in [3.05, 3.63) is 69.8 Å². The highest BCUT2D eigenvalue weighted by atomic mass is 16.6. The first-order valence-corrected chi connectivity index (χ1v) is 9.09. The third-order valence-corrected chi connectivity index (χ3v) is 4.82. The first-order chi connectivity index (χ1) is 13.4. The van der Waals surface area contributed by atoms with Gasteiger partial charge in [0.15, 0.2) is 5.78 Å². The molecule has 0 spiro atoms. The molecular formula is C20H22N4O4. The van der Waals surface area contributed by atoms with Gasteiger partial charge in [0.2, 0.25) is 5.91 Å². The number of carbonyl (C=O) groups is 2. The summed E-state index contributed by atoms with van der Waals surface area (Å²) in [5.74, 6) is -0.615. The summed E-state index contributed by atoms with van der Waals surface area (Å²) < 4.78 is 0. The Labute approximate surface area is 162 Å². The fourth-order valence-electron chi connectivity index (χ4n) is 3.38. The number of carbonyl (C=O) groups excluding carboxylic acids is 2. The lowest BCUT2D eigenvalue weighted by molar-refractivity contribution is -0.384. The monoisotopic (exact) mass is 382 g/mol. The van der Waals surface area contributed by atoms with Crippen LogP contribution in [0.4, 0.5) is 11.4 Å². The molecule has 1 aliphatic heterocycles. The number of nitro benzene ring substituents is 1. The van der Waals surface area contributed by atoms with E-state index in [9.17, 15) is 19.7 Å². The summed E-state index contributed by atoms with van der Waals surface area (Å²) >= 11 is 0. The van der Waals surface area contributed by atoms with Crippen LogP contribution in [0.3, 0.4) is 0 Å². The number of primary amides is 1. The smallest absolute Gasteiger partial charge is 0.293 e. The number of hydrogen-bond acceptors (Lipinski definition) is 6. The van der Waals surface area contributed by atoms with Crippen molar-refractivity contribution in [1.29, 1.82) is 0 Å². The number of ketones is 1. The van der Waals surface area contributed by atoms with Crippen LogP contribution in [0.2, 0.25) is 0 Å². The molecule has 3 rings (SSSR count). The van der Waals surface area contributed by atoms with E-state index in [1.807, 2.05) is 4.90 Å². The predicted molar refractivity (Wildman–Crippen MR) is 105 cm³/mol. The average molecular weight is 382 g/mol. The van der Waals surface area contributed by atoms with Gasteiger partial charge in [-0.1, -0.05) is 30.3 Å². The zero-order valence-corrected chi connectivity index (χ0v) is 15.3. The second-order valence-electron chi connectivity index (χ2n) is 6.85. The number of benzene rings is 2. The molecule has 1 amide bonds. The Hall–Kier alpha value is -3.26.